The molecule has 0 aromatic heterocycles. The molecule has 41 heavy (non-hydrogen) atoms. The maximum Gasteiger partial charge on any atom is 0.440 e. The average molecular weight is 571 g/mol. The van der Waals surface area contributed by atoms with E-state index in [1.165, 1.54) is 27.0 Å². The van der Waals surface area contributed by atoms with E-state index in [2.05, 4.69) is 4.74 Å². The Kier molecular flexibility index (Phi) is 10.6. The smallest absolute Gasteiger partial charge is 0.440 e. The molecule has 2 aromatic carbocycles. The summed E-state index contributed by atoms with van der Waals surface area (Å²) in [6.45, 7) is 13.1. The molecule has 0 spiro atoms. The molecule has 11 nitrogen and oxygen atoms in total. The Labute approximate surface area is 240 Å². The molecule has 0 heterocycles. The Bertz CT molecular complexity index is 1310. The summed E-state index contributed by atoms with van der Waals surface area (Å²) in [6.07, 6.45) is -3.58. The lowest BCUT2D eigenvalue weighted by atomic mass is 10.0. The van der Waals surface area contributed by atoms with Gasteiger partial charge in [0, 0.05) is 16.7 Å². The zero-order valence-electron chi connectivity index (χ0n) is 25.2. The molecule has 2 rings (SSSR count). The first kappa shape index (κ1) is 32.8. The topological polar surface area (TPSA) is 129 Å². The molecule has 0 N–H and O–H groups in total. The number of aryl methyl sites for hydroxylation is 2. The largest absolute Gasteiger partial charge is 0.496 e. The van der Waals surface area contributed by atoms with Crippen LogP contribution in [0.15, 0.2) is 36.4 Å². The number of ether oxygens (including phenoxy) is 4. The number of hydrogen-bond donors (Lipinski definition) is 0. The molecule has 0 aliphatic rings. The van der Waals surface area contributed by atoms with E-state index in [9.17, 15) is 24.0 Å². The van der Waals surface area contributed by atoms with Gasteiger partial charge in [-0.3, -0.25) is 14.4 Å². The van der Waals surface area contributed by atoms with Gasteiger partial charge in [0.25, 0.3) is 11.8 Å². The molecular formula is C30H38N2O9. The number of methoxy groups -OCH3 is 2. The average Bonchev–Trinajstić information content (AvgIpc) is 2.88. The molecule has 0 saturated carbocycles. The van der Waals surface area contributed by atoms with Crippen molar-refractivity contribution in [3.8, 4) is 5.75 Å². The Morgan fingerprint density at radius 3 is 1.88 bits per heavy atom. The predicted molar refractivity (Wildman–Crippen MR) is 149 cm³/mol. The van der Waals surface area contributed by atoms with Gasteiger partial charge in [-0.1, -0.05) is 37.1 Å². The Hall–Kier alpha value is -4.41. The number of carbonyl (C=O) groups is 5. The normalized spacial score (nSPS) is 11.8. The van der Waals surface area contributed by atoms with Gasteiger partial charge >= 0.3 is 24.3 Å². The van der Waals surface area contributed by atoms with E-state index in [1.54, 1.807) is 52.0 Å². The fourth-order valence-electron chi connectivity index (χ4n) is 3.95. The van der Waals surface area contributed by atoms with Gasteiger partial charge in [-0.25, -0.2) is 14.6 Å². The van der Waals surface area contributed by atoms with Crippen LogP contribution >= 0.6 is 0 Å². The third-order valence-electron chi connectivity index (χ3n) is 5.89. The number of carbonyl (C=O) groups excluding carboxylic acids is 5. The van der Waals surface area contributed by atoms with Crippen LogP contribution in [0, 0.1) is 26.7 Å². The molecule has 1 unspecified atom stereocenters. The fourth-order valence-corrected chi connectivity index (χ4v) is 3.95. The first-order chi connectivity index (χ1) is 19.0. The summed E-state index contributed by atoms with van der Waals surface area (Å²) in [6, 6.07) is 9.77. The Morgan fingerprint density at radius 2 is 1.39 bits per heavy atom. The molecule has 0 aliphatic carbocycles. The van der Waals surface area contributed by atoms with Crippen LogP contribution < -0.4 is 4.74 Å². The third-order valence-corrected chi connectivity index (χ3v) is 5.89. The van der Waals surface area contributed by atoms with E-state index >= 15 is 0 Å². The number of imide groups is 1. The van der Waals surface area contributed by atoms with Crippen LogP contribution in [-0.2, 0) is 23.8 Å². The quantitative estimate of drug-likeness (QED) is 0.263. The highest BCUT2D eigenvalue weighted by Crippen LogP contribution is 2.28. The number of esters is 2. The number of hydrazine groups is 1. The second-order valence-corrected chi connectivity index (χ2v) is 10.7. The molecule has 0 fully saturated rings. The van der Waals surface area contributed by atoms with E-state index < -0.39 is 47.6 Å². The Morgan fingerprint density at radius 1 is 0.805 bits per heavy atom. The number of amides is 3. The van der Waals surface area contributed by atoms with Gasteiger partial charge in [-0.05, 0) is 65.8 Å². The minimum atomic E-state index is -2.14. The number of benzene rings is 2. The highest BCUT2D eigenvalue weighted by Gasteiger charge is 2.43. The lowest BCUT2D eigenvalue weighted by Crippen LogP contribution is -2.61. The summed E-state index contributed by atoms with van der Waals surface area (Å²) >= 11 is 0. The second-order valence-electron chi connectivity index (χ2n) is 10.7. The Balaban J connectivity index is 2.76. The third kappa shape index (κ3) is 7.84. The molecule has 2 aromatic rings. The zero-order valence-corrected chi connectivity index (χ0v) is 25.2. The molecule has 0 aliphatic heterocycles. The molecule has 1 atom stereocenters. The number of rotatable bonds is 7. The number of hydrogen-bond acceptors (Lipinski definition) is 9. The lowest BCUT2D eigenvalue weighted by molar-refractivity contribution is -0.193. The molecule has 3 amide bonds. The van der Waals surface area contributed by atoms with Crippen molar-refractivity contribution >= 4 is 29.8 Å². The second kappa shape index (κ2) is 13.3. The van der Waals surface area contributed by atoms with Crippen LogP contribution in [0.5, 0.6) is 5.75 Å². The van der Waals surface area contributed by atoms with E-state index in [0.29, 0.717) is 16.3 Å². The van der Waals surface area contributed by atoms with Crippen LogP contribution in [0.3, 0.4) is 0 Å². The van der Waals surface area contributed by atoms with Crippen molar-refractivity contribution < 1.29 is 42.9 Å². The zero-order chi connectivity index (χ0) is 31.2. The summed E-state index contributed by atoms with van der Waals surface area (Å²) < 4.78 is 20.3. The van der Waals surface area contributed by atoms with Crippen LogP contribution in [0.1, 0.15) is 72.0 Å². The van der Waals surface area contributed by atoms with Gasteiger partial charge in [0.05, 0.1) is 25.7 Å². The van der Waals surface area contributed by atoms with Crippen molar-refractivity contribution in [2.45, 2.75) is 67.2 Å². The number of nitrogens with zero attached hydrogens (tertiary/aromatic N) is 2. The summed E-state index contributed by atoms with van der Waals surface area (Å²) in [5.74, 6) is -3.99. The van der Waals surface area contributed by atoms with Crippen LogP contribution in [0.25, 0.3) is 0 Å². The first-order valence-corrected chi connectivity index (χ1v) is 12.9. The van der Waals surface area contributed by atoms with Crippen molar-refractivity contribution in [2.24, 2.45) is 5.92 Å². The maximum atomic E-state index is 14.1. The molecule has 0 bridgehead atoms. The van der Waals surface area contributed by atoms with Gasteiger partial charge in [0.1, 0.15) is 5.75 Å². The van der Waals surface area contributed by atoms with E-state index in [1.807, 2.05) is 19.9 Å². The van der Waals surface area contributed by atoms with Gasteiger partial charge in [-0.15, -0.1) is 5.01 Å². The summed E-state index contributed by atoms with van der Waals surface area (Å²) in [4.78, 5) is 66.7. The van der Waals surface area contributed by atoms with Crippen molar-refractivity contribution in [1.82, 2.24) is 10.0 Å². The standard InChI is InChI=1S/C30H38N2O9/c1-17(2)26(35)40-28(27(36)39-10)41-29(37)31(25(34)22-12-11-13-23(38-9)20(22)5)32(30(6,7)8)24(33)21-15-18(3)14-19(4)16-21/h11-17,28H,1-10H3. The summed E-state index contributed by atoms with van der Waals surface area (Å²) in [7, 11) is 2.44. The molecule has 11 heteroatoms. The van der Waals surface area contributed by atoms with E-state index in [-0.39, 0.29) is 11.1 Å². The van der Waals surface area contributed by atoms with Gasteiger partial charge in [-0.2, -0.15) is 0 Å². The van der Waals surface area contributed by atoms with Crippen molar-refractivity contribution in [3.63, 3.8) is 0 Å². The molecule has 0 radical (unpaired) electrons. The van der Waals surface area contributed by atoms with Crippen LogP contribution in [-0.4, -0.2) is 65.9 Å². The summed E-state index contributed by atoms with van der Waals surface area (Å²) in [5.41, 5.74) is 1.03. The highest BCUT2D eigenvalue weighted by molar-refractivity contribution is 6.07. The van der Waals surface area contributed by atoms with Crippen molar-refractivity contribution in [3.05, 3.63) is 64.2 Å². The summed E-state index contributed by atoms with van der Waals surface area (Å²) in [5, 5.41) is 1.45. The van der Waals surface area contributed by atoms with Gasteiger partial charge in [0.2, 0.25) is 0 Å². The lowest BCUT2D eigenvalue weighted by Gasteiger charge is -2.41. The predicted octanol–water partition coefficient (Wildman–Crippen LogP) is 4.75. The SMILES string of the molecule is COC(=O)C(OC(=O)C(C)C)OC(=O)N(C(=O)c1cccc(OC)c1C)N(C(=O)c1cc(C)cc(C)c1)C(C)(C)C. The van der Waals surface area contributed by atoms with Crippen molar-refractivity contribution in [2.75, 3.05) is 14.2 Å². The van der Waals surface area contributed by atoms with E-state index in [0.717, 1.165) is 23.2 Å². The minimum Gasteiger partial charge on any atom is -0.496 e. The molecular weight excluding hydrogens is 532 g/mol. The first-order valence-electron chi connectivity index (χ1n) is 12.9. The van der Waals surface area contributed by atoms with Crippen LogP contribution in [0.4, 0.5) is 4.79 Å². The van der Waals surface area contributed by atoms with Gasteiger partial charge in [0.15, 0.2) is 0 Å². The monoisotopic (exact) mass is 570 g/mol. The van der Waals surface area contributed by atoms with Crippen molar-refractivity contribution in [1.29, 1.82) is 0 Å². The fraction of sp³-hybridized carbons (Fsp3) is 0.433. The minimum absolute atomic E-state index is 0.0255. The maximum absolute atomic E-state index is 14.1. The highest BCUT2D eigenvalue weighted by atomic mass is 16.7. The van der Waals surface area contributed by atoms with Gasteiger partial charge < -0.3 is 18.9 Å². The molecule has 222 valence electrons. The van der Waals surface area contributed by atoms with E-state index in [4.69, 9.17) is 14.2 Å². The van der Waals surface area contributed by atoms with Crippen LogP contribution in [0.2, 0.25) is 0 Å². The molecule has 0 saturated heterocycles.